The minimum Gasteiger partial charge on any atom is -0.389 e. The molecule has 0 amide bonds. The largest absolute Gasteiger partial charge is 0.389 e. The topological polar surface area (TPSA) is 41.5 Å². The molecule has 3 heteroatoms. The van der Waals surface area contributed by atoms with Crippen molar-refractivity contribution in [1.29, 1.82) is 0 Å². The van der Waals surface area contributed by atoms with Crippen LogP contribution in [0.15, 0.2) is 18.2 Å². The van der Waals surface area contributed by atoms with Crippen molar-refractivity contribution in [3.63, 3.8) is 0 Å². The van der Waals surface area contributed by atoms with Gasteiger partial charge in [-0.25, -0.2) is 0 Å². The fourth-order valence-corrected chi connectivity index (χ4v) is 1.75. The Hall–Kier alpha value is -1.06. The maximum Gasteiger partial charge on any atom is 0.0945 e. The smallest absolute Gasteiger partial charge is 0.0945 e. The Labute approximate surface area is 97.4 Å². The summed E-state index contributed by atoms with van der Waals surface area (Å²) in [6.45, 7) is 5.09. The van der Waals surface area contributed by atoms with E-state index in [0.29, 0.717) is 13.2 Å². The molecule has 0 aromatic heterocycles. The van der Waals surface area contributed by atoms with Crippen molar-refractivity contribution in [2.24, 2.45) is 0 Å². The Kier molecular flexibility index (Phi) is 5.29. The van der Waals surface area contributed by atoms with Crippen LogP contribution >= 0.6 is 0 Å². The monoisotopic (exact) mass is 223 g/mol. The van der Waals surface area contributed by atoms with Gasteiger partial charge in [0.15, 0.2) is 0 Å². The maximum absolute atomic E-state index is 9.58. The summed E-state index contributed by atoms with van der Waals surface area (Å²) in [5.74, 6) is 0. The predicted molar refractivity (Wildman–Crippen MR) is 66.9 cm³/mol. The Bertz CT molecular complexity index is 326. The third-order valence-electron chi connectivity index (χ3n) is 2.61. The highest BCUT2D eigenvalue weighted by molar-refractivity contribution is 5.57. The second-order valence-electron chi connectivity index (χ2n) is 3.95. The van der Waals surface area contributed by atoms with Gasteiger partial charge in [-0.2, -0.15) is 0 Å². The van der Waals surface area contributed by atoms with Gasteiger partial charge >= 0.3 is 0 Å². The van der Waals surface area contributed by atoms with Crippen LogP contribution < -0.4 is 5.32 Å². The van der Waals surface area contributed by atoms with Crippen molar-refractivity contribution < 1.29 is 9.84 Å². The van der Waals surface area contributed by atoms with E-state index >= 15 is 0 Å². The number of aliphatic hydroxyl groups excluding tert-OH is 1. The summed E-state index contributed by atoms with van der Waals surface area (Å²) in [4.78, 5) is 0. The molecular formula is C13H21NO2. The lowest BCUT2D eigenvalue weighted by molar-refractivity contribution is 0.0727. The number of para-hydroxylation sites is 1. The van der Waals surface area contributed by atoms with Gasteiger partial charge in [0.25, 0.3) is 0 Å². The van der Waals surface area contributed by atoms with E-state index in [4.69, 9.17) is 4.74 Å². The van der Waals surface area contributed by atoms with Crippen LogP contribution in [0.2, 0.25) is 0 Å². The zero-order valence-corrected chi connectivity index (χ0v) is 10.3. The van der Waals surface area contributed by atoms with Crippen LogP contribution in [0.3, 0.4) is 0 Å². The summed E-state index contributed by atoms with van der Waals surface area (Å²) < 4.78 is 4.89. The SMILES string of the molecule is CCc1cccc(C)c1NC[C@@H](O)COC. The van der Waals surface area contributed by atoms with Crippen LogP contribution in [0.5, 0.6) is 0 Å². The van der Waals surface area contributed by atoms with Gasteiger partial charge in [0.2, 0.25) is 0 Å². The lowest BCUT2D eigenvalue weighted by Crippen LogP contribution is -2.24. The Morgan fingerprint density at radius 1 is 1.44 bits per heavy atom. The van der Waals surface area contributed by atoms with E-state index < -0.39 is 6.10 Å². The molecule has 0 unspecified atom stereocenters. The summed E-state index contributed by atoms with van der Waals surface area (Å²) >= 11 is 0. The molecule has 1 aromatic carbocycles. The van der Waals surface area contributed by atoms with Crippen LogP contribution in [-0.4, -0.2) is 31.5 Å². The lowest BCUT2D eigenvalue weighted by Gasteiger charge is -2.16. The van der Waals surface area contributed by atoms with Gasteiger partial charge in [0, 0.05) is 19.3 Å². The normalized spacial score (nSPS) is 12.5. The highest BCUT2D eigenvalue weighted by Gasteiger charge is 2.07. The Balaban J connectivity index is 2.65. The van der Waals surface area contributed by atoms with Crippen LogP contribution in [0.1, 0.15) is 18.1 Å². The number of benzene rings is 1. The standard InChI is InChI=1S/C13H21NO2/c1-4-11-7-5-6-10(2)13(11)14-8-12(15)9-16-3/h5-7,12,14-15H,4,8-9H2,1-3H3/t12-/m1/s1. The number of aliphatic hydroxyl groups is 1. The number of nitrogens with one attached hydrogen (secondary N) is 1. The molecule has 1 rings (SSSR count). The van der Waals surface area contributed by atoms with Gasteiger partial charge in [-0.3, -0.25) is 0 Å². The molecule has 2 N–H and O–H groups in total. The van der Waals surface area contributed by atoms with E-state index in [2.05, 4.69) is 37.4 Å². The Morgan fingerprint density at radius 2 is 2.19 bits per heavy atom. The Morgan fingerprint density at radius 3 is 2.81 bits per heavy atom. The van der Waals surface area contributed by atoms with E-state index in [0.717, 1.165) is 12.1 Å². The zero-order chi connectivity index (χ0) is 12.0. The molecule has 0 aliphatic rings. The van der Waals surface area contributed by atoms with Crippen molar-refractivity contribution in [2.45, 2.75) is 26.4 Å². The van der Waals surface area contributed by atoms with Crippen molar-refractivity contribution in [1.82, 2.24) is 0 Å². The fourth-order valence-electron chi connectivity index (χ4n) is 1.75. The number of rotatable bonds is 6. The van der Waals surface area contributed by atoms with E-state index in [9.17, 15) is 5.11 Å². The first-order chi connectivity index (χ1) is 7.69. The average molecular weight is 223 g/mol. The van der Waals surface area contributed by atoms with Gasteiger partial charge in [-0.1, -0.05) is 25.1 Å². The lowest BCUT2D eigenvalue weighted by atomic mass is 10.1. The fraction of sp³-hybridized carbons (Fsp3) is 0.538. The summed E-state index contributed by atoms with van der Waals surface area (Å²) in [5.41, 5.74) is 3.63. The van der Waals surface area contributed by atoms with E-state index in [1.165, 1.54) is 11.1 Å². The number of ether oxygens (including phenoxy) is 1. The van der Waals surface area contributed by atoms with E-state index in [1.807, 2.05) is 0 Å². The molecule has 0 bridgehead atoms. The molecule has 3 nitrogen and oxygen atoms in total. The van der Waals surface area contributed by atoms with Crippen molar-refractivity contribution >= 4 is 5.69 Å². The highest BCUT2D eigenvalue weighted by atomic mass is 16.5. The second-order valence-corrected chi connectivity index (χ2v) is 3.95. The minimum atomic E-state index is -0.464. The van der Waals surface area contributed by atoms with E-state index in [-0.39, 0.29) is 0 Å². The molecule has 0 spiro atoms. The zero-order valence-electron chi connectivity index (χ0n) is 10.3. The average Bonchev–Trinajstić information content (AvgIpc) is 2.27. The molecule has 0 heterocycles. The number of aryl methyl sites for hydroxylation is 2. The molecule has 1 atom stereocenters. The molecule has 16 heavy (non-hydrogen) atoms. The molecule has 1 aromatic rings. The first-order valence-corrected chi connectivity index (χ1v) is 5.68. The second kappa shape index (κ2) is 6.51. The number of anilines is 1. The predicted octanol–water partition coefficient (Wildman–Crippen LogP) is 1.98. The number of methoxy groups -OCH3 is 1. The molecule has 90 valence electrons. The molecule has 0 fully saturated rings. The summed E-state index contributed by atoms with van der Waals surface area (Å²) in [6.07, 6.45) is 0.527. The van der Waals surface area contributed by atoms with Gasteiger partial charge in [0.1, 0.15) is 0 Å². The summed E-state index contributed by atoms with van der Waals surface area (Å²) in [7, 11) is 1.59. The van der Waals surface area contributed by atoms with Crippen LogP contribution in [0, 0.1) is 6.92 Å². The third kappa shape index (κ3) is 3.51. The molecule has 0 aliphatic heterocycles. The summed E-state index contributed by atoms with van der Waals surface area (Å²) in [6, 6.07) is 6.24. The number of hydrogen-bond acceptors (Lipinski definition) is 3. The molecular weight excluding hydrogens is 202 g/mol. The van der Waals surface area contributed by atoms with Gasteiger partial charge in [0.05, 0.1) is 12.7 Å². The van der Waals surface area contributed by atoms with Crippen molar-refractivity contribution in [2.75, 3.05) is 25.6 Å². The number of hydrogen-bond donors (Lipinski definition) is 2. The van der Waals surface area contributed by atoms with Gasteiger partial charge in [-0.15, -0.1) is 0 Å². The molecule has 0 saturated heterocycles. The van der Waals surface area contributed by atoms with Crippen molar-refractivity contribution in [3.8, 4) is 0 Å². The van der Waals surface area contributed by atoms with Crippen LogP contribution in [0.4, 0.5) is 5.69 Å². The van der Waals surface area contributed by atoms with Crippen LogP contribution in [-0.2, 0) is 11.2 Å². The quantitative estimate of drug-likeness (QED) is 0.775. The third-order valence-corrected chi connectivity index (χ3v) is 2.61. The van der Waals surface area contributed by atoms with Gasteiger partial charge < -0.3 is 15.2 Å². The molecule has 0 radical (unpaired) electrons. The molecule has 0 saturated carbocycles. The summed E-state index contributed by atoms with van der Waals surface area (Å²) in [5, 5.41) is 12.9. The van der Waals surface area contributed by atoms with Crippen molar-refractivity contribution in [3.05, 3.63) is 29.3 Å². The van der Waals surface area contributed by atoms with Gasteiger partial charge in [-0.05, 0) is 24.5 Å². The van der Waals surface area contributed by atoms with E-state index in [1.54, 1.807) is 7.11 Å². The minimum absolute atomic E-state index is 0.361. The molecule has 0 aliphatic carbocycles. The first kappa shape index (κ1) is 13.0. The van der Waals surface area contributed by atoms with Crippen LogP contribution in [0.25, 0.3) is 0 Å². The highest BCUT2D eigenvalue weighted by Crippen LogP contribution is 2.20. The maximum atomic E-state index is 9.58. The first-order valence-electron chi connectivity index (χ1n) is 5.68.